The van der Waals surface area contributed by atoms with Crippen LogP contribution in [-0.2, 0) is 4.84 Å². The summed E-state index contributed by atoms with van der Waals surface area (Å²) >= 11 is 7.30. The fraction of sp³-hybridized carbons (Fsp3) is 0.286. The molecule has 1 N–H and O–H groups in total. The molecule has 0 aliphatic heterocycles. The maximum Gasteiger partial charge on any atom is 0.265 e. The molecular weight excluding hydrogens is 324 g/mol. The number of halogens is 1. The SMILES string of the molecule is CO/N=C/C(C)(C)NC(=O)c1sc(-c2cccnc2)nc1Cl. The molecule has 0 saturated carbocycles. The van der Waals surface area contributed by atoms with Crippen LogP contribution in [0, 0.1) is 0 Å². The Balaban J connectivity index is 2.21. The average molecular weight is 339 g/mol. The molecule has 0 aliphatic carbocycles. The number of carbonyl (C=O) groups excluding carboxylic acids is 1. The van der Waals surface area contributed by atoms with Gasteiger partial charge in [0.1, 0.15) is 17.0 Å². The highest BCUT2D eigenvalue weighted by molar-refractivity contribution is 7.17. The van der Waals surface area contributed by atoms with Crippen LogP contribution in [0.2, 0.25) is 5.15 Å². The Morgan fingerprint density at radius 3 is 2.95 bits per heavy atom. The van der Waals surface area contributed by atoms with Gasteiger partial charge in [0.05, 0.1) is 11.8 Å². The van der Waals surface area contributed by atoms with Gasteiger partial charge in [0.2, 0.25) is 0 Å². The molecule has 6 nitrogen and oxygen atoms in total. The molecule has 0 atom stereocenters. The Morgan fingerprint density at radius 2 is 2.32 bits per heavy atom. The lowest BCUT2D eigenvalue weighted by molar-refractivity contribution is 0.0936. The van der Waals surface area contributed by atoms with E-state index < -0.39 is 5.54 Å². The number of hydrogen-bond donors (Lipinski definition) is 1. The number of pyridine rings is 1. The van der Waals surface area contributed by atoms with Crippen LogP contribution in [0.25, 0.3) is 10.6 Å². The number of aromatic nitrogens is 2. The number of amides is 1. The molecule has 8 heteroatoms. The summed E-state index contributed by atoms with van der Waals surface area (Å²) in [6.45, 7) is 3.59. The first kappa shape index (κ1) is 16.4. The third-order valence-electron chi connectivity index (χ3n) is 2.62. The molecule has 22 heavy (non-hydrogen) atoms. The molecule has 116 valence electrons. The van der Waals surface area contributed by atoms with Gasteiger partial charge in [0.15, 0.2) is 5.15 Å². The third kappa shape index (κ3) is 4.02. The second-order valence-corrected chi connectivity index (χ2v) is 6.33. The summed E-state index contributed by atoms with van der Waals surface area (Å²) < 4.78 is 0. The minimum Gasteiger partial charge on any atom is -0.399 e. The van der Waals surface area contributed by atoms with Gasteiger partial charge in [-0.05, 0) is 26.0 Å². The van der Waals surface area contributed by atoms with Crippen molar-refractivity contribution in [3.63, 3.8) is 0 Å². The number of thiazole rings is 1. The van der Waals surface area contributed by atoms with Crippen molar-refractivity contribution in [3.8, 4) is 10.6 Å². The lowest BCUT2D eigenvalue weighted by atomic mass is 10.1. The van der Waals surface area contributed by atoms with E-state index in [1.165, 1.54) is 24.7 Å². The predicted octanol–water partition coefficient (Wildman–Crippen LogP) is 3.00. The summed E-state index contributed by atoms with van der Waals surface area (Å²) in [5.41, 5.74) is 0.142. The standard InChI is InChI=1S/C14H15ClN4O2S/c1-14(2,8-17-21-3)19-12(20)10-11(15)18-13(22-10)9-5-4-6-16-7-9/h4-8H,1-3H3,(H,19,20)/b17-8+. The lowest BCUT2D eigenvalue weighted by Gasteiger charge is -2.20. The van der Waals surface area contributed by atoms with Gasteiger partial charge < -0.3 is 10.2 Å². The van der Waals surface area contributed by atoms with Crippen molar-refractivity contribution in [2.45, 2.75) is 19.4 Å². The second kappa shape index (κ2) is 6.85. The largest absolute Gasteiger partial charge is 0.399 e. The van der Waals surface area contributed by atoms with Crippen molar-refractivity contribution in [1.82, 2.24) is 15.3 Å². The fourth-order valence-corrected chi connectivity index (χ4v) is 2.80. The summed E-state index contributed by atoms with van der Waals surface area (Å²) in [7, 11) is 1.44. The molecule has 0 saturated heterocycles. The van der Waals surface area contributed by atoms with E-state index in [-0.39, 0.29) is 11.1 Å². The van der Waals surface area contributed by atoms with Crippen LogP contribution in [0.4, 0.5) is 0 Å². The molecule has 2 heterocycles. The number of nitrogens with one attached hydrogen (secondary N) is 1. The average Bonchev–Trinajstić information content (AvgIpc) is 2.88. The number of nitrogens with zero attached hydrogens (tertiary/aromatic N) is 3. The maximum absolute atomic E-state index is 12.3. The van der Waals surface area contributed by atoms with Crippen LogP contribution in [-0.4, -0.2) is 34.7 Å². The quantitative estimate of drug-likeness (QED) is 0.671. The van der Waals surface area contributed by atoms with Gasteiger partial charge in [-0.1, -0.05) is 16.8 Å². The molecule has 0 aromatic carbocycles. The Hall–Kier alpha value is -1.99. The summed E-state index contributed by atoms with van der Waals surface area (Å²) in [5, 5.41) is 7.30. The molecule has 0 fully saturated rings. The van der Waals surface area contributed by atoms with Gasteiger partial charge in [-0.3, -0.25) is 9.78 Å². The topological polar surface area (TPSA) is 76.5 Å². The van der Waals surface area contributed by atoms with Crippen LogP contribution < -0.4 is 5.32 Å². The highest BCUT2D eigenvalue weighted by Crippen LogP contribution is 2.30. The van der Waals surface area contributed by atoms with Crippen molar-refractivity contribution < 1.29 is 9.63 Å². The lowest BCUT2D eigenvalue weighted by Crippen LogP contribution is -2.44. The molecule has 2 aromatic heterocycles. The number of oxime groups is 1. The van der Waals surface area contributed by atoms with E-state index in [1.54, 1.807) is 32.3 Å². The molecule has 0 spiro atoms. The van der Waals surface area contributed by atoms with Crippen molar-refractivity contribution >= 4 is 35.1 Å². The van der Waals surface area contributed by atoms with E-state index in [9.17, 15) is 4.79 Å². The van der Waals surface area contributed by atoms with E-state index >= 15 is 0 Å². The van der Waals surface area contributed by atoms with Gasteiger partial charge in [0, 0.05) is 18.0 Å². The molecular formula is C14H15ClN4O2S. The maximum atomic E-state index is 12.3. The zero-order valence-corrected chi connectivity index (χ0v) is 13.9. The van der Waals surface area contributed by atoms with Gasteiger partial charge in [-0.2, -0.15) is 0 Å². The number of carbonyl (C=O) groups is 1. The molecule has 0 unspecified atom stereocenters. The molecule has 2 rings (SSSR count). The van der Waals surface area contributed by atoms with E-state index in [1.807, 2.05) is 6.07 Å². The Morgan fingerprint density at radius 1 is 1.55 bits per heavy atom. The Labute approximate surface area is 137 Å². The number of rotatable bonds is 5. The van der Waals surface area contributed by atoms with E-state index in [2.05, 4.69) is 25.3 Å². The van der Waals surface area contributed by atoms with Crippen molar-refractivity contribution in [3.05, 3.63) is 34.6 Å². The Bertz CT molecular complexity index is 685. The number of hydrogen-bond acceptors (Lipinski definition) is 6. The summed E-state index contributed by atoms with van der Waals surface area (Å²) in [6.07, 6.45) is 4.85. The highest BCUT2D eigenvalue weighted by Gasteiger charge is 2.24. The van der Waals surface area contributed by atoms with Crippen molar-refractivity contribution in [2.24, 2.45) is 5.16 Å². The zero-order valence-electron chi connectivity index (χ0n) is 12.3. The van der Waals surface area contributed by atoms with Gasteiger partial charge in [-0.25, -0.2) is 4.98 Å². The molecule has 0 aliphatic rings. The minimum absolute atomic E-state index is 0.167. The molecule has 2 aromatic rings. The summed E-state index contributed by atoms with van der Waals surface area (Å²) in [5.74, 6) is -0.315. The summed E-state index contributed by atoms with van der Waals surface area (Å²) in [6, 6.07) is 3.66. The van der Waals surface area contributed by atoms with E-state index in [4.69, 9.17) is 11.6 Å². The van der Waals surface area contributed by atoms with Gasteiger partial charge >= 0.3 is 0 Å². The monoisotopic (exact) mass is 338 g/mol. The summed E-state index contributed by atoms with van der Waals surface area (Å²) in [4.78, 5) is 25.6. The second-order valence-electron chi connectivity index (χ2n) is 4.97. The highest BCUT2D eigenvalue weighted by atomic mass is 35.5. The first-order valence-electron chi connectivity index (χ1n) is 6.40. The normalized spacial score (nSPS) is 11.6. The van der Waals surface area contributed by atoms with Gasteiger partial charge in [0.25, 0.3) is 5.91 Å². The zero-order chi connectivity index (χ0) is 16.2. The molecule has 0 bridgehead atoms. The smallest absolute Gasteiger partial charge is 0.265 e. The van der Waals surface area contributed by atoms with E-state index in [0.717, 1.165) is 5.56 Å². The van der Waals surface area contributed by atoms with Crippen molar-refractivity contribution in [2.75, 3.05) is 7.11 Å². The predicted molar refractivity (Wildman–Crippen MR) is 87.4 cm³/mol. The van der Waals surface area contributed by atoms with Crippen molar-refractivity contribution in [1.29, 1.82) is 0 Å². The van der Waals surface area contributed by atoms with Crippen LogP contribution >= 0.6 is 22.9 Å². The van der Waals surface area contributed by atoms with Crippen LogP contribution in [0.1, 0.15) is 23.5 Å². The minimum atomic E-state index is -0.672. The molecule has 1 amide bonds. The van der Waals surface area contributed by atoms with Crippen LogP contribution in [0.5, 0.6) is 0 Å². The van der Waals surface area contributed by atoms with Crippen LogP contribution in [0.3, 0.4) is 0 Å². The van der Waals surface area contributed by atoms with Gasteiger partial charge in [-0.15, -0.1) is 11.3 Å². The first-order valence-corrected chi connectivity index (χ1v) is 7.59. The fourth-order valence-electron chi connectivity index (χ4n) is 1.62. The van der Waals surface area contributed by atoms with Crippen LogP contribution in [0.15, 0.2) is 29.7 Å². The molecule has 0 radical (unpaired) electrons. The Kier molecular flexibility index (Phi) is 5.10. The van der Waals surface area contributed by atoms with E-state index in [0.29, 0.717) is 9.88 Å². The first-order chi connectivity index (χ1) is 10.4. The third-order valence-corrected chi connectivity index (χ3v) is 4.11.